The van der Waals surface area contributed by atoms with E-state index in [-0.39, 0.29) is 0 Å². The average Bonchev–Trinajstić information content (AvgIpc) is 2.79. The first-order valence-electron chi connectivity index (χ1n) is 4.99. The van der Waals surface area contributed by atoms with Crippen molar-refractivity contribution in [3.63, 3.8) is 0 Å². The van der Waals surface area contributed by atoms with Gasteiger partial charge >= 0.3 is 0 Å². The van der Waals surface area contributed by atoms with Crippen molar-refractivity contribution < 1.29 is 4.74 Å². The summed E-state index contributed by atoms with van der Waals surface area (Å²) in [5.41, 5.74) is 0.479. The molecule has 2 rings (SSSR count). The van der Waals surface area contributed by atoms with Gasteiger partial charge in [0.25, 0.3) is 0 Å². The Kier molecular flexibility index (Phi) is 3.59. The van der Waals surface area contributed by atoms with E-state index in [1.165, 1.54) is 6.42 Å². The number of nitriles is 1. The number of hydrogen-bond donors (Lipinski definition) is 0. The van der Waals surface area contributed by atoms with Crippen molar-refractivity contribution in [2.24, 2.45) is 0 Å². The molecule has 0 amide bonds. The molecular weight excluding hydrogens is 208 g/mol. The van der Waals surface area contributed by atoms with E-state index >= 15 is 0 Å². The van der Waals surface area contributed by atoms with Crippen LogP contribution in [0.1, 0.15) is 18.5 Å². The fourth-order valence-corrected chi connectivity index (χ4v) is 2.52. The molecule has 1 unspecified atom stereocenters. The van der Waals surface area contributed by atoms with Crippen LogP contribution in [0.5, 0.6) is 0 Å². The van der Waals surface area contributed by atoms with E-state index in [0.29, 0.717) is 11.8 Å². The maximum absolute atomic E-state index is 8.70. The second-order valence-electron chi connectivity index (χ2n) is 3.43. The van der Waals surface area contributed by atoms with Gasteiger partial charge in [-0.15, -0.1) is 11.8 Å². The Balaban J connectivity index is 1.90. The number of thioether (sulfide) groups is 1. The quantitative estimate of drug-likeness (QED) is 0.733. The molecule has 3 nitrogen and oxygen atoms in total. The van der Waals surface area contributed by atoms with E-state index in [2.05, 4.69) is 4.98 Å². The first kappa shape index (κ1) is 10.5. The molecule has 0 bridgehead atoms. The van der Waals surface area contributed by atoms with Crippen molar-refractivity contribution in [2.45, 2.75) is 23.8 Å². The monoisotopic (exact) mass is 220 g/mol. The van der Waals surface area contributed by atoms with Crippen LogP contribution in [0.15, 0.2) is 23.2 Å². The molecule has 1 aliphatic rings. The van der Waals surface area contributed by atoms with Gasteiger partial charge in [0.1, 0.15) is 11.8 Å². The zero-order valence-electron chi connectivity index (χ0n) is 8.35. The highest BCUT2D eigenvalue weighted by atomic mass is 32.2. The molecule has 4 heteroatoms. The summed E-state index contributed by atoms with van der Waals surface area (Å²) in [6.45, 7) is 0.894. The SMILES string of the molecule is N#Cc1cc(SCC2CCCO2)ccn1. The molecule has 0 spiro atoms. The predicted octanol–water partition coefficient (Wildman–Crippen LogP) is 2.22. The number of rotatable bonds is 3. The lowest BCUT2D eigenvalue weighted by atomic mass is 10.3. The first-order chi connectivity index (χ1) is 7.38. The molecule has 0 saturated carbocycles. The summed E-state index contributed by atoms with van der Waals surface area (Å²) in [6, 6.07) is 5.79. The second-order valence-corrected chi connectivity index (χ2v) is 4.53. The van der Waals surface area contributed by atoms with Crippen LogP contribution in [0.25, 0.3) is 0 Å². The first-order valence-corrected chi connectivity index (χ1v) is 5.97. The molecule has 15 heavy (non-hydrogen) atoms. The van der Waals surface area contributed by atoms with Crippen molar-refractivity contribution in [3.05, 3.63) is 24.0 Å². The highest BCUT2D eigenvalue weighted by Crippen LogP contribution is 2.23. The van der Waals surface area contributed by atoms with Crippen molar-refractivity contribution in [1.29, 1.82) is 5.26 Å². The number of aromatic nitrogens is 1. The van der Waals surface area contributed by atoms with Crippen LogP contribution in [0.4, 0.5) is 0 Å². The van der Waals surface area contributed by atoms with Gasteiger partial charge in [0.2, 0.25) is 0 Å². The lowest BCUT2D eigenvalue weighted by molar-refractivity contribution is 0.129. The van der Waals surface area contributed by atoms with Gasteiger partial charge in [0, 0.05) is 23.5 Å². The number of nitrogens with zero attached hydrogens (tertiary/aromatic N) is 2. The molecule has 1 atom stereocenters. The zero-order chi connectivity index (χ0) is 10.5. The summed E-state index contributed by atoms with van der Waals surface area (Å²) in [5, 5.41) is 8.70. The van der Waals surface area contributed by atoms with Crippen molar-refractivity contribution in [3.8, 4) is 6.07 Å². The van der Waals surface area contributed by atoms with E-state index in [9.17, 15) is 0 Å². The molecule has 0 aromatic carbocycles. The minimum absolute atomic E-state index is 0.383. The summed E-state index contributed by atoms with van der Waals surface area (Å²) in [5.74, 6) is 0.967. The minimum atomic E-state index is 0.383. The van der Waals surface area contributed by atoms with E-state index in [1.54, 1.807) is 18.0 Å². The van der Waals surface area contributed by atoms with Gasteiger partial charge in [0.05, 0.1) is 6.10 Å². The highest BCUT2D eigenvalue weighted by Gasteiger charge is 2.15. The average molecular weight is 220 g/mol. The van der Waals surface area contributed by atoms with E-state index < -0.39 is 0 Å². The molecule has 1 saturated heterocycles. The lowest BCUT2D eigenvalue weighted by Crippen LogP contribution is -2.07. The number of pyridine rings is 1. The van der Waals surface area contributed by atoms with Gasteiger partial charge in [-0.05, 0) is 25.0 Å². The predicted molar refractivity (Wildman–Crippen MR) is 58.7 cm³/mol. The smallest absolute Gasteiger partial charge is 0.141 e. The van der Waals surface area contributed by atoms with Crippen LogP contribution in [0.2, 0.25) is 0 Å². The minimum Gasteiger partial charge on any atom is -0.377 e. The number of hydrogen-bond acceptors (Lipinski definition) is 4. The molecule has 1 fully saturated rings. The fourth-order valence-electron chi connectivity index (χ4n) is 1.53. The van der Waals surface area contributed by atoms with Gasteiger partial charge < -0.3 is 4.74 Å². The molecule has 0 aliphatic carbocycles. The third kappa shape index (κ3) is 2.95. The topological polar surface area (TPSA) is 45.9 Å². The largest absolute Gasteiger partial charge is 0.377 e. The van der Waals surface area contributed by atoms with Gasteiger partial charge in [-0.2, -0.15) is 5.26 Å². The Hall–Kier alpha value is -1.05. The standard InChI is InChI=1S/C11H12N2OS/c12-7-9-6-11(3-4-13-9)15-8-10-2-1-5-14-10/h3-4,6,10H,1-2,5,8H2. The van der Waals surface area contributed by atoms with E-state index in [4.69, 9.17) is 10.00 Å². The lowest BCUT2D eigenvalue weighted by Gasteiger charge is -2.08. The molecule has 0 radical (unpaired) electrons. The maximum Gasteiger partial charge on any atom is 0.141 e. The summed E-state index contributed by atoms with van der Waals surface area (Å²) >= 11 is 1.73. The zero-order valence-corrected chi connectivity index (χ0v) is 9.17. The van der Waals surface area contributed by atoms with Crippen molar-refractivity contribution in [1.82, 2.24) is 4.98 Å². The second kappa shape index (κ2) is 5.15. The third-order valence-corrected chi connectivity index (χ3v) is 3.43. The maximum atomic E-state index is 8.70. The Morgan fingerprint density at radius 1 is 1.67 bits per heavy atom. The Labute approximate surface area is 93.5 Å². The molecule has 1 aromatic heterocycles. The van der Waals surface area contributed by atoms with Crippen LogP contribution in [0.3, 0.4) is 0 Å². The van der Waals surface area contributed by atoms with Crippen LogP contribution in [-0.2, 0) is 4.74 Å². The van der Waals surface area contributed by atoms with Crippen molar-refractivity contribution >= 4 is 11.8 Å². The summed E-state index contributed by atoms with van der Waals surface area (Å²) in [7, 11) is 0. The highest BCUT2D eigenvalue weighted by molar-refractivity contribution is 7.99. The molecule has 0 N–H and O–H groups in total. The Morgan fingerprint density at radius 3 is 3.33 bits per heavy atom. The third-order valence-electron chi connectivity index (χ3n) is 2.31. The summed E-state index contributed by atoms with van der Waals surface area (Å²) in [6.07, 6.45) is 4.39. The van der Waals surface area contributed by atoms with Gasteiger partial charge in [-0.25, -0.2) is 4.98 Å². The van der Waals surface area contributed by atoms with Gasteiger partial charge in [-0.3, -0.25) is 0 Å². The van der Waals surface area contributed by atoms with E-state index in [1.807, 2.05) is 18.2 Å². The normalized spacial score (nSPS) is 20.1. The Morgan fingerprint density at radius 2 is 2.60 bits per heavy atom. The molecule has 1 aliphatic heterocycles. The van der Waals surface area contributed by atoms with Gasteiger partial charge in [0.15, 0.2) is 0 Å². The van der Waals surface area contributed by atoms with Crippen LogP contribution in [-0.4, -0.2) is 23.4 Å². The Bertz CT molecular complexity index is 369. The fraction of sp³-hybridized carbons (Fsp3) is 0.455. The summed E-state index contributed by atoms with van der Waals surface area (Å²) < 4.78 is 5.53. The van der Waals surface area contributed by atoms with Crippen LogP contribution < -0.4 is 0 Å². The van der Waals surface area contributed by atoms with Crippen LogP contribution >= 0.6 is 11.8 Å². The molecular formula is C11H12N2OS. The molecule has 78 valence electrons. The van der Waals surface area contributed by atoms with Crippen molar-refractivity contribution in [2.75, 3.05) is 12.4 Å². The molecule has 1 aromatic rings. The van der Waals surface area contributed by atoms with Gasteiger partial charge in [-0.1, -0.05) is 0 Å². The molecule has 2 heterocycles. The van der Waals surface area contributed by atoms with E-state index in [0.717, 1.165) is 23.7 Å². The van der Waals surface area contributed by atoms with Crippen LogP contribution in [0, 0.1) is 11.3 Å². The number of ether oxygens (including phenoxy) is 1. The summed E-state index contributed by atoms with van der Waals surface area (Å²) in [4.78, 5) is 5.03.